The van der Waals surface area contributed by atoms with Crippen LogP contribution >= 0.6 is 0 Å². The Balaban J connectivity index is 1.87. The molecule has 1 aromatic heterocycles. The van der Waals surface area contributed by atoms with Gasteiger partial charge in [0.05, 0.1) is 22.4 Å². The minimum absolute atomic E-state index is 0.134. The maximum atomic E-state index is 12.8. The molecule has 0 amide bonds. The molecular weight excluding hydrogens is 338 g/mol. The molecule has 0 spiro atoms. The molecule has 0 radical (unpaired) electrons. The second kappa shape index (κ2) is 7.35. The van der Waals surface area contributed by atoms with Crippen LogP contribution < -0.4 is 0 Å². The number of carboxylic acids is 1. The van der Waals surface area contributed by atoms with Gasteiger partial charge in [-0.3, -0.25) is 13.8 Å². The fraction of sp³-hybridized carbons (Fsp3) is 0.368. The van der Waals surface area contributed by atoms with Gasteiger partial charge < -0.3 is 9.67 Å². The lowest BCUT2D eigenvalue weighted by Gasteiger charge is -2.23. The molecule has 1 N–H and O–H groups in total. The van der Waals surface area contributed by atoms with Crippen LogP contribution in [0.1, 0.15) is 53.8 Å². The van der Waals surface area contributed by atoms with E-state index in [9.17, 15) is 18.9 Å². The van der Waals surface area contributed by atoms with E-state index in [-0.39, 0.29) is 5.78 Å². The van der Waals surface area contributed by atoms with Gasteiger partial charge in [0.2, 0.25) is 5.78 Å². The molecule has 0 saturated heterocycles. The molecule has 0 bridgehead atoms. The summed E-state index contributed by atoms with van der Waals surface area (Å²) in [5, 5.41) is 9.35. The van der Waals surface area contributed by atoms with E-state index in [0.717, 1.165) is 17.7 Å². The van der Waals surface area contributed by atoms with Crippen molar-refractivity contribution in [3.63, 3.8) is 0 Å². The van der Waals surface area contributed by atoms with Crippen LogP contribution in [0.25, 0.3) is 0 Å². The van der Waals surface area contributed by atoms with Gasteiger partial charge in [0.1, 0.15) is 0 Å². The van der Waals surface area contributed by atoms with Gasteiger partial charge in [-0.1, -0.05) is 6.92 Å². The molecule has 132 valence electrons. The largest absolute Gasteiger partial charge is 0.481 e. The maximum absolute atomic E-state index is 12.8. The predicted molar refractivity (Wildman–Crippen MR) is 95.5 cm³/mol. The normalized spacial score (nSPS) is 17.7. The zero-order valence-corrected chi connectivity index (χ0v) is 14.9. The summed E-state index contributed by atoms with van der Waals surface area (Å²) < 4.78 is 13.8. The average molecular weight is 359 g/mol. The van der Waals surface area contributed by atoms with Crippen LogP contribution in [-0.2, 0) is 22.1 Å². The molecular formula is C19H21NO4S. The number of aliphatic carboxylic acids is 1. The van der Waals surface area contributed by atoms with E-state index in [0.29, 0.717) is 35.7 Å². The molecule has 1 aliphatic heterocycles. The topological polar surface area (TPSA) is 76.4 Å². The first-order chi connectivity index (χ1) is 12.0. The third kappa shape index (κ3) is 3.44. The summed E-state index contributed by atoms with van der Waals surface area (Å²) >= 11 is 0. The van der Waals surface area contributed by atoms with Crippen LogP contribution in [0.3, 0.4) is 0 Å². The zero-order valence-electron chi connectivity index (χ0n) is 14.1. The molecule has 3 rings (SSSR count). The van der Waals surface area contributed by atoms with E-state index >= 15 is 0 Å². The van der Waals surface area contributed by atoms with Gasteiger partial charge in [0.25, 0.3) is 0 Å². The Bertz CT molecular complexity index is 822. The standard InChI is InChI=1S/C19H21NO4S/c1-2-12-25(24)14-7-5-13(6-8-14)18(21)17-10-9-16-15(19(22)23)4-3-11-20(16)17/h5-10,15H,2-4,11-12H2,1H3,(H,22,23). The van der Waals surface area contributed by atoms with Crippen molar-refractivity contribution in [3.8, 4) is 0 Å². The molecule has 2 unspecified atom stereocenters. The number of aromatic nitrogens is 1. The van der Waals surface area contributed by atoms with Gasteiger partial charge in [0, 0.05) is 28.5 Å². The zero-order chi connectivity index (χ0) is 18.0. The number of rotatable bonds is 6. The number of benzene rings is 1. The monoisotopic (exact) mass is 359 g/mol. The Morgan fingerprint density at radius 2 is 1.92 bits per heavy atom. The summed E-state index contributed by atoms with van der Waals surface area (Å²) in [6.07, 6.45) is 2.19. The van der Waals surface area contributed by atoms with Crippen molar-refractivity contribution < 1.29 is 18.9 Å². The number of fused-ring (bicyclic) bond motifs is 1. The third-order valence-electron chi connectivity index (χ3n) is 4.55. The summed E-state index contributed by atoms with van der Waals surface area (Å²) in [5.41, 5.74) is 1.74. The predicted octanol–water partition coefficient (Wildman–Crippen LogP) is 3.20. The number of hydrogen-bond donors (Lipinski definition) is 1. The maximum Gasteiger partial charge on any atom is 0.312 e. The van der Waals surface area contributed by atoms with Gasteiger partial charge in [-0.15, -0.1) is 0 Å². The minimum atomic E-state index is -1.04. The second-order valence-electron chi connectivity index (χ2n) is 6.23. The van der Waals surface area contributed by atoms with Crippen LogP contribution in [-0.4, -0.2) is 31.4 Å². The molecule has 6 heteroatoms. The van der Waals surface area contributed by atoms with Gasteiger partial charge in [-0.05, 0) is 55.7 Å². The summed E-state index contributed by atoms with van der Waals surface area (Å²) in [6, 6.07) is 10.3. The van der Waals surface area contributed by atoms with Gasteiger partial charge in [-0.2, -0.15) is 0 Å². The SMILES string of the molecule is CCCS(=O)c1ccc(C(=O)c2ccc3n2CCCC3C(=O)O)cc1. The molecule has 0 aliphatic carbocycles. The molecule has 0 saturated carbocycles. The highest BCUT2D eigenvalue weighted by Gasteiger charge is 2.29. The van der Waals surface area contributed by atoms with Gasteiger partial charge in [0.15, 0.2) is 0 Å². The van der Waals surface area contributed by atoms with Crippen molar-refractivity contribution in [2.75, 3.05) is 5.75 Å². The van der Waals surface area contributed by atoms with E-state index in [4.69, 9.17) is 0 Å². The molecule has 1 aromatic carbocycles. The van der Waals surface area contributed by atoms with Crippen LogP contribution in [0.2, 0.25) is 0 Å². The average Bonchev–Trinajstić information content (AvgIpc) is 3.05. The summed E-state index contributed by atoms with van der Waals surface area (Å²) in [5.74, 6) is -0.921. The Labute approximate surface area is 149 Å². The highest BCUT2D eigenvalue weighted by atomic mass is 32.2. The first kappa shape index (κ1) is 17.6. The van der Waals surface area contributed by atoms with E-state index in [2.05, 4.69) is 0 Å². The Morgan fingerprint density at radius 1 is 1.20 bits per heavy atom. The number of carboxylic acid groups (broad SMARTS) is 1. The van der Waals surface area contributed by atoms with Crippen molar-refractivity contribution in [2.45, 2.75) is 43.5 Å². The number of carbonyl (C=O) groups is 2. The van der Waals surface area contributed by atoms with Crippen LogP contribution in [0.4, 0.5) is 0 Å². The first-order valence-corrected chi connectivity index (χ1v) is 9.80. The summed E-state index contributed by atoms with van der Waals surface area (Å²) in [7, 11) is -1.04. The Morgan fingerprint density at radius 3 is 2.56 bits per heavy atom. The molecule has 2 aromatic rings. The lowest BCUT2D eigenvalue weighted by Crippen LogP contribution is -2.23. The van der Waals surface area contributed by atoms with Crippen molar-refractivity contribution in [2.24, 2.45) is 0 Å². The lowest BCUT2D eigenvalue weighted by molar-refractivity contribution is -0.139. The van der Waals surface area contributed by atoms with Crippen molar-refractivity contribution in [1.29, 1.82) is 0 Å². The van der Waals surface area contributed by atoms with E-state index in [1.165, 1.54) is 0 Å². The fourth-order valence-electron chi connectivity index (χ4n) is 3.30. The molecule has 5 nitrogen and oxygen atoms in total. The molecule has 0 fully saturated rings. The number of ketones is 1. The van der Waals surface area contributed by atoms with E-state index in [1.807, 2.05) is 11.5 Å². The Hall–Kier alpha value is -2.21. The lowest BCUT2D eigenvalue weighted by atomic mass is 9.96. The third-order valence-corrected chi connectivity index (χ3v) is 6.12. The number of hydrogen-bond acceptors (Lipinski definition) is 3. The molecule has 25 heavy (non-hydrogen) atoms. The van der Waals surface area contributed by atoms with Crippen molar-refractivity contribution in [3.05, 3.63) is 53.3 Å². The molecule has 1 aliphatic rings. The fourth-order valence-corrected chi connectivity index (χ4v) is 4.34. The molecule has 2 heterocycles. The van der Waals surface area contributed by atoms with Crippen molar-refractivity contribution in [1.82, 2.24) is 4.57 Å². The quantitative estimate of drug-likeness (QED) is 0.804. The highest BCUT2D eigenvalue weighted by Crippen LogP contribution is 2.30. The minimum Gasteiger partial charge on any atom is -0.481 e. The number of nitrogens with zero attached hydrogens (tertiary/aromatic N) is 1. The van der Waals surface area contributed by atoms with E-state index < -0.39 is 22.7 Å². The molecule has 2 atom stereocenters. The first-order valence-electron chi connectivity index (χ1n) is 8.48. The highest BCUT2D eigenvalue weighted by molar-refractivity contribution is 7.85. The van der Waals surface area contributed by atoms with Crippen LogP contribution in [0.5, 0.6) is 0 Å². The smallest absolute Gasteiger partial charge is 0.312 e. The summed E-state index contributed by atoms with van der Waals surface area (Å²) in [4.78, 5) is 24.9. The second-order valence-corrected chi connectivity index (χ2v) is 7.80. The Kier molecular flexibility index (Phi) is 5.18. The number of carbonyl (C=O) groups excluding carboxylic acids is 1. The van der Waals surface area contributed by atoms with Gasteiger partial charge >= 0.3 is 5.97 Å². The summed E-state index contributed by atoms with van der Waals surface area (Å²) in [6.45, 7) is 2.64. The van der Waals surface area contributed by atoms with E-state index in [1.54, 1.807) is 36.4 Å². The van der Waals surface area contributed by atoms with Crippen molar-refractivity contribution >= 4 is 22.6 Å². The van der Waals surface area contributed by atoms with Gasteiger partial charge in [-0.25, -0.2) is 0 Å². The van der Waals surface area contributed by atoms with Crippen LogP contribution in [0, 0.1) is 0 Å². The van der Waals surface area contributed by atoms with Crippen LogP contribution in [0.15, 0.2) is 41.3 Å².